The second-order valence-corrected chi connectivity index (χ2v) is 8.09. The Morgan fingerprint density at radius 3 is 2.45 bits per heavy atom. The summed E-state index contributed by atoms with van der Waals surface area (Å²) in [5.74, 6) is -0.494. The van der Waals surface area contributed by atoms with E-state index in [1.54, 1.807) is 13.0 Å². The van der Waals surface area contributed by atoms with Gasteiger partial charge in [-0.25, -0.2) is 0 Å². The van der Waals surface area contributed by atoms with Crippen molar-refractivity contribution in [3.8, 4) is 0 Å². The van der Waals surface area contributed by atoms with Gasteiger partial charge in [0.25, 0.3) is 0 Å². The third-order valence-corrected chi connectivity index (χ3v) is 5.44. The van der Waals surface area contributed by atoms with Gasteiger partial charge >= 0.3 is 0 Å². The number of carbonyl (C=O) groups excluding carboxylic acids is 2. The van der Waals surface area contributed by atoms with E-state index in [9.17, 15) is 9.59 Å². The Hall–Kier alpha value is -2.96. The molecule has 1 unspecified atom stereocenters. The average Bonchev–Trinajstić information content (AvgIpc) is 2.78. The molecule has 0 radical (unpaired) electrons. The molecule has 1 heterocycles. The molecule has 3 rings (SSSR count). The van der Waals surface area contributed by atoms with E-state index in [1.165, 1.54) is 11.6 Å². The monoisotopic (exact) mass is 420 g/mol. The van der Waals surface area contributed by atoms with E-state index in [0.29, 0.717) is 6.54 Å². The molecule has 0 aromatic heterocycles. The van der Waals surface area contributed by atoms with Gasteiger partial charge in [0.1, 0.15) is 6.04 Å². The minimum absolute atomic E-state index is 0.203. The average molecular weight is 421 g/mol. The van der Waals surface area contributed by atoms with Crippen LogP contribution in [0, 0.1) is 0 Å². The molecule has 6 nitrogen and oxygen atoms in total. The van der Waals surface area contributed by atoms with Gasteiger partial charge in [0.05, 0.1) is 0 Å². The molecule has 1 saturated heterocycles. The highest BCUT2D eigenvalue weighted by molar-refractivity contribution is 5.95. The van der Waals surface area contributed by atoms with Crippen LogP contribution >= 0.6 is 0 Å². The summed E-state index contributed by atoms with van der Waals surface area (Å²) in [6.45, 7) is 7.40. The van der Waals surface area contributed by atoms with Crippen molar-refractivity contribution in [2.24, 2.45) is 0 Å². The normalized spacial score (nSPS) is 16.2. The zero-order valence-electron chi connectivity index (χ0n) is 18.4. The first-order valence-corrected chi connectivity index (χ1v) is 10.8. The molecule has 2 amide bonds. The molecule has 1 aliphatic rings. The van der Waals surface area contributed by atoms with Crippen molar-refractivity contribution >= 4 is 17.9 Å². The van der Waals surface area contributed by atoms with Crippen LogP contribution in [-0.2, 0) is 22.7 Å². The predicted molar refractivity (Wildman–Crippen MR) is 124 cm³/mol. The third kappa shape index (κ3) is 7.66. The maximum Gasteiger partial charge on any atom is 0.244 e. The van der Waals surface area contributed by atoms with Gasteiger partial charge in [-0.05, 0) is 36.7 Å². The van der Waals surface area contributed by atoms with Gasteiger partial charge in [-0.1, -0.05) is 54.6 Å². The number of carbonyl (C=O) groups is 2. The quantitative estimate of drug-likeness (QED) is 0.643. The summed E-state index contributed by atoms with van der Waals surface area (Å²) < 4.78 is 0. The van der Waals surface area contributed by atoms with Crippen molar-refractivity contribution in [3.05, 3.63) is 77.4 Å². The minimum Gasteiger partial charge on any atom is -0.350 e. The number of amides is 2. The van der Waals surface area contributed by atoms with Gasteiger partial charge in [-0.2, -0.15) is 0 Å². The van der Waals surface area contributed by atoms with Gasteiger partial charge in [0.15, 0.2) is 0 Å². The minimum atomic E-state index is -0.610. The highest BCUT2D eigenvalue weighted by Gasteiger charge is 2.15. The molecule has 2 aromatic carbocycles. The molecule has 1 fully saturated rings. The zero-order chi connectivity index (χ0) is 22.1. The van der Waals surface area contributed by atoms with Crippen molar-refractivity contribution in [2.45, 2.75) is 26.1 Å². The summed E-state index contributed by atoms with van der Waals surface area (Å²) in [6.07, 6.45) is 3.17. The van der Waals surface area contributed by atoms with Crippen LogP contribution in [0.4, 0.5) is 0 Å². The molecule has 1 atom stereocenters. The molecule has 31 heavy (non-hydrogen) atoms. The van der Waals surface area contributed by atoms with E-state index in [-0.39, 0.29) is 11.8 Å². The number of likely N-dealkylation sites (N-methyl/N-ethyl adjacent to an activating group) is 1. The summed E-state index contributed by atoms with van der Waals surface area (Å²) in [5.41, 5.74) is 3.25. The van der Waals surface area contributed by atoms with Gasteiger partial charge in [-0.3, -0.25) is 14.5 Å². The lowest BCUT2D eigenvalue weighted by Gasteiger charge is -2.32. The molecule has 1 aliphatic heterocycles. The largest absolute Gasteiger partial charge is 0.350 e. The Bertz CT molecular complexity index is 889. The standard InChI is InChI=1S/C25H32N4O2/c1-20(27-24(30)12-11-21-7-4-3-5-8-21)25(31)26-18-22-9-6-10-23(17-22)19-29-15-13-28(2)14-16-29/h3-12,17,20H,13-16,18-19H2,1-2H3,(H,26,31)(H,27,30)/b12-11+. The van der Waals surface area contributed by atoms with Crippen molar-refractivity contribution in [3.63, 3.8) is 0 Å². The summed E-state index contributed by atoms with van der Waals surface area (Å²) >= 11 is 0. The third-order valence-electron chi connectivity index (χ3n) is 5.44. The second kappa shape index (κ2) is 11.4. The summed E-state index contributed by atoms with van der Waals surface area (Å²) in [4.78, 5) is 29.3. The molecular formula is C25H32N4O2. The van der Waals surface area contributed by atoms with Crippen LogP contribution in [0.2, 0.25) is 0 Å². The second-order valence-electron chi connectivity index (χ2n) is 8.09. The lowest BCUT2D eigenvalue weighted by molar-refractivity contribution is -0.126. The lowest BCUT2D eigenvalue weighted by atomic mass is 10.1. The molecule has 0 saturated carbocycles. The van der Waals surface area contributed by atoms with Gasteiger partial charge in [0.2, 0.25) is 11.8 Å². The molecule has 164 valence electrons. The Kier molecular flexibility index (Phi) is 8.38. The topological polar surface area (TPSA) is 64.7 Å². The molecule has 2 N–H and O–H groups in total. The fourth-order valence-electron chi connectivity index (χ4n) is 3.51. The first kappa shape index (κ1) is 22.7. The van der Waals surface area contributed by atoms with Crippen LogP contribution in [0.15, 0.2) is 60.7 Å². The van der Waals surface area contributed by atoms with E-state index in [2.05, 4.69) is 39.6 Å². The highest BCUT2D eigenvalue weighted by Crippen LogP contribution is 2.10. The van der Waals surface area contributed by atoms with Crippen LogP contribution in [-0.4, -0.2) is 60.9 Å². The van der Waals surface area contributed by atoms with Crippen LogP contribution in [0.25, 0.3) is 6.08 Å². The van der Waals surface area contributed by atoms with Crippen LogP contribution < -0.4 is 10.6 Å². The van der Waals surface area contributed by atoms with E-state index < -0.39 is 6.04 Å². The first-order valence-electron chi connectivity index (χ1n) is 10.8. The molecular weight excluding hydrogens is 388 g/mol. The van der Waals surface area contributed by atoms with Crippen LogP contribution in [0.5, 0.6) is 0 Å². The van der Waals surface area contributed by atoms with E-state index in [1.807, 2.05) is 42.5 Å². The van der Waals surface area contributed by atoms with Crippen molar-refractivity contribution in [2.75, 3.05) is 33.2 Å². The van der Waals surface area contributed by atoms with Crippen molar-refractivity contribution in [1.82, 2.24) is 20.4 Å². The maximum atomic E-state index is 12.4. The molecule has 0 aliphatic carbocycles. The lowest BCUT2D eigenvalue weighted by Crippen LogP contribution is -2.44. The van der Waals surface area contributed by atoms with Gasteiger partial charge < -0.3 is 15.5 Å². The number of benzene rings is 2. The molecule has 0 spiro atoms. The highest BCUT2D eigenvalue weighted by atomic mass is 16.2. The number of piperazine rings is 1. The number of nitrogens with zero attached hydrogens (tertiary/aromatic N) is 2. The first-order chi connectivity index (χ1) is 15.0. The van der Waals surface area contributed by atoms with Crippen LogP contribution in [0.1, 0.15) is 23.6 Å². The molecule has 6 heteroatoms. The number of hydrogen-bond donors (Lipinski definition) is 2. The number of nitrogens with one attached hydrogen (secondary N) is 2. The Morgan fingerprint density at radius 1 is 1.00 bits per heavy atom. The van der Waals surface area contributed by atoms with Crippen molar-refractivity contribution in [1.29, 1.82) is 0 Å². The van der Waals surface area contributed by atoms with E-state index in [0.717, 1.165) is 43.9 Å². The maximum absolute atomic E-state index is 12.4. The smallest absolute Gasteiger partial charge is 0.244 e. The Morgan fingerprint density at radius 2 is 1.71 bits per heavy atom. The van der Waals surface area contributed by atoms with E-state index >= 15 is 0 Å². The van der Waals surface area contributed by atoms with E-state index in [4.69, 9.17) is 0 Å². The van der Waals surface area contributed by atoms with Crippen molar-refractivity contribution < 1.29 is 9.59 Å². The number of hydrogen-bond acceptors (Lipinski definition) is 4. The van der Waals surface area contributed by atoms with Gasteiger partial charge in [-0.15, -0.1) is 0 Å². The van der Waals surface area contributed by atoms with Gasteiger partial charge in [0, 0.05) is 45.3 Å². The predicted octanol–water partition coefficient (Wildman–Crippen LogP) is 2.27. The molecule has 0 bridgehead atoms. The SMILES string of the molecule is CC(NC(=O)/C=C/c1ccccc1)C(=O)NCc1cccc(CN2CCN(C)CC2)c1. The Balaban J connectivity index is 1.44. The fraction of sp³-hybridized carbons (Fsp3) is 0.360. The zero-order valence-corrected chi connectivity index (χ0v) is 18.4. The Labute approximate surface area is 184 Å². The molecule has 2 aromatic rings. The summed E-state index contributed by atoms with van der Waals surface area (Å²) in [6, 6.07) is 17.3. The summed E-state index contributed by atoms with van der Waals surface area (Å²) in [7, 11) is 2.16. The number of rotatable bonds is 8. The van der Waals surface area contributed by atoms with Crippen LogP contribution in [0.3, 0.4) is 0 Å². The summed E-state index contributed by atoms with van der Waals surface area (Å²) in [5, 5.41) is 5.62. The fourth-order valence-corrected chi connectivity index (χ4v) is 3.51.